The Hall–Kier alpha value is -1.10. The molecular formula is C14H26N2O3. The van der Waals surface area contributed by atoms with Crippen molar-refractivity contribution < 1.29 is 14.7 Å². The number of hydrogen-bond acceptors (Lipinski definition) is 3. The van der Waals surface area contributed by atoms with Crippen molar-refractivity contribution in [3.05, 3.63) is 0 Å². The van der Waals surface area contributed by atoms with Crippen LogP contribution in [0.1, 0.15) is 52.9 Å². The van der Waals surface area contributed by atoms with Gasteiger partial charge in [0, 0.05) is 12.1 Å². The first-order chi connectivity index (χ1) is 8.95. The molecule has 1 saturated heterocycles. The van der Waals surface area contributed by atoms with Gasteiger partial charge in [-0.05, 0) is 33.1 Å². The number of rotatable bonds is 7. The van der Waals surface area contributed by atoms with Gasteiger partial charge in [-0.15, -0.1) is 0 Å². The van der Waals surface area contributed by atoms with Crippen LogP contribution in [0.5, 0.6) is 0 Å². The van der Waals surface area contributed by atoms with Gasteiger partial charge in [-0.25, -0.2) is 4.79 Å². The van der Waals surface area contributed by atoms with Gasteiger partial charge < -0.3 is 10.4 Å². The normalized spacial score (nSPS) is 25.2. The second-order valence-corrected chi connectivity index (χ2v) is 5.55. The molecule has 2 unspecified atom stereocenters. The standard InChI is InChI=1S/C14H26N2O3/c1-4-5-6-12(14(18)19)15-13(17)9-16-10(2)7-8-11(16)3/h10-12H,4-9H2,1-3H3,(H,15,17)(H,18,19)/t10?,11?,12-/m0/s1. The van der Waals surface area contributed by atoms with Crippen LogP contribution >= 0.6 is 0 Å². The third-order valence-corrected chi connectivity index (χ3v) is 3.94. The van der Waals surface area contributed by atoms with E-state index in [1.165, 1.54) is 0 Å². The zero-order valence-corrected chi connectivity index (χ0v) is 12.2. The molecule has 1 fully saturated rings. The number of carboxylic acids is 1. The van der Waals surface area contributed by atoms with E-state index in [2.05, 4.69) is 24.1 Å². The van der Waals surface area contributed by atoms with Crippen molar-refractivity contribution in [2.24, 2.45) is 0 Å². The second-order valence-electron chi connectivity index (χ2n) is 5.55. The lowest BCUT2D eigenvalue weighted by Crippen LogP contribution is -2.47. The lowest BCUT2D eigenvalue weighted by molar-refractivity contribution is -0.142. The lowest BCUT2D eigenvalue weighted by Gasteiger charge is -2.26. The zero-order chi connectivity index (χ0) is 14.4. The summed E-state index contributed by atoms with van der Waals surface area (Å²) in [5.41, 5.74) is 0. The maximum atomic E-state index is 12.0. The fourth-order valence-corrected chi connectivity index (χ4v) is 2.63. The number of unbranched alkanes of at least 4 members (excludes halogenated alkanes) is 1. The van der Waals surface area contributed by atoms with Crippen molar-refractivity contribution >= 4 is 11.9 Å². The minimum atomic E-state index is -0.940. The molecule has 1 amide bonds. The molecular weight excluding hydrogens is 244 g/mol. The van der Waals surface area contributed by atoms with E-state index in [1.54, 1.807) is 0 Å². The van der Waals surface area contributed by atoms with Crippen LogP contribution < -0.4 is 5.32 Å². The van der Waals surface area contributed by atoms with E-state index >= 15 is 0 Å². The molecule has 19 heavy (non-hydrogen) atoms. The molecule has 110 valence electrons. The first-order valence-corrected chi connectivity index (χ1v) is 7.23. The Balaban J connectivity index is 2.46. The number of hydrogen-bond donors (Lipinski definition) is 2. The van der Waals surface area contributed by atoms with Crippen LogP contribution in [0.2, 0.25) is 0 Å². The van der Waals surface area contributed by atoms with Crippen LogP contribution in [-0.4, -0.2) is 46.6 Å². The number of carbonyl (C=O) groups is 2. The molecule has 1 aliphatic heterocycles. The Kier molecular flexibility index (Phi) is 6.28. The predicted octanol–water partition coefficient (Wildman–Crippen LogP) is 1.62. The smallest absolute Gasteiger partial charge is 0.326 e. The molecule has 0 saturated carbocycles. The predicted molar refractivity (Wildman–Crippen MR) is 74.0 cm³/mol. The van der Waals surface area contributed by atoms with E-state index in [0.717, 1.165) is 25.7 Å². The lowest BCUT2D eigenvalue weighted by atomic mass is 10.1. The van der Waals surface area contributed by atoms with E-state index in [0.29, 0.717) is 25.0 Å². The highest BCUT2D eigenvalue weighted by atomic mass is 16.4. The summed E-state index contributed by atoms with van der Waals surface area (Å²) in [6, 6.07) is 0.0556. The highest BCUT2D eigenvalue weighted by molar-refractivity contribution is 5.84. The summed E-state index contributed by atoms with van der Waals surface area (Å²) >= 11 is 0. The Bertz CT molecular complexity index is 310. The molecule has 5 nitrogen and oxygen atoms in total. The first-order valence-electron chi connectivity index (χ1n) is 7.23. The quantitative estimate of drug-likeness (QED) is 0.737. The van der Waals surface area contributed by atoms with Crippen molar-refractivity contribution in [3.63, 3.8) is 0 Å². The number of amides is 1. The molecule has 0 aromatic carbocycles. The van der Waals surface area contributed by atoms with Gasteiger partial charge in [0.15, 0.2) is 0 Å². The van der Waals surface area contributed by atoms with E-state index in [1.807, 2.05) is 6.92 Å². The highest BCUT2D eigenvalue weighted by Crippen LogP contribution is 2.22. The largest absolute Gasteiger partial charge is 0.480 e. The van der Waals surface area contributed by atoms with E-state index in [-0.39, 0.29) is 5.91 Å². The summed E-state index contributed by atoms with van der Waals surface area (Å²) in [6.45, 7) is 6.54. The van der Waals surface area contributed by atoms with Crippen molar-refractivity contribution in [3.8, 4) is 0 Å². The van der Waals surface area contributed by atoms with Gasteiger partial charge in [-0.3, -0.25) is 9.69 Å². The van der Waals surface area contributed by atoms with Crippen molar-refractivity contribution in [2.75, 3.05) is 6.54 Å². The van der Waals surface area contributed by atoms with Crippen molar-refractivity contribution in [1.29, 1.82) is 0 Å². The fraction of sp³-hybridized carbons (Fsp3) is 0.857. The Labute approximate surface area is 115 Å². The third-order valence-electron chi connectivity index (χ3n) is 3.94. The molecule has 0 radical (unpaired) electrons. The SMILES string of the molecule is CCCC[C@H](NC(=O)CN1C(C)CCC1C)C(=O)O. The van der Waals surface area contributed by atoms with Crippen molar-refractivity contribution in [2.45, 2.75) is 71.0 Å². The summed E-state index contributed by atoms with van der Waals surface area (Å²) in [7, 11) is 0. The molecule has 0 spiro atoms. The molecule has 5 heteroatoms. The monoisotopic (exact) mass is 270 g/mol. The van der Waals surface area contributed by atoms with E-state index in [9.17, 15) is 9.59 Å². The van der Waals surface area contributed by atoms with Crippen LogP contribution in [0.25, 0.3) is 0 Å². The number of aliphatic carboxylic acids is 1. The van der Waals surface area contributed by atoms with Gasteiger partial charge in [-0.1, -0.05) is 19.8 Å². The van der Waals surface area contributed by atoms with Crippen LogP contribution in [-0.2, 0) is 9.59 Å². The molecule has 3 atom stereocenters. The van der Waals surface area contributed by atoms with Gasteiger partial charge in [0.25, 0.3) is 0 Å². The third kappa shape index (κ3) is 4.82. The molecule has 1 rings (SSSR count). The molecule has 0 bridgehead atoms. The minimum absolute atomic E-state index is 0.177. The number of carboxylic acid groups (broad SMARTS) is 1. The minimum Gasteiger partial charge on any atom is -0.480 e. The molecule has 0 aromatic heterocycles. The highest BCUT2D eigenvalue weighted by Gasteiger charge is 2.29. The summed E-state index contributed by atoms with van der Waals surface area (Å²) in [6.07, 6.45) is 4.45. The Morgan fingerprint density at radius 1 is 1.32 bits per heavy atom. The summed E-state index contributed by atoms with van der Waals surface area (Å²) in [4.78, 5) is 25.2. The number of nitrogens with zero attached hydrogens (tertiary/aromatic N) is 1. The van der Waals surface area contributed by atoms with Gasteiger partial charge >= 0.3 is 5.97 Å². The van der Waals surface area contributed by atoms with Crippen LogP contribution in [0.15, 0.2) is 0 Å². The summed E-state index contributed by atoms with van der Waals surface area (Å²) in [5, 5.41) is 11.7. The first kappa shape index (κ1) is 16.0. The molecule has 0 aromatic rings. The van der Waals surface area contributed by atoms with Gasteiger partial charge in [0.05, 0.1) is 6.54 Å². The number of likely N-dealkylation sites (tertiary alicyclic amines) is 1. The summed E-state index contributed by atoms with van der Waals surface area (Å²) < 4.78 is 0. The average Bonchev–Trinajstić information content (AvgIpc) is 2.66. The van der Waals surface area contributed by atoms with Gasteiger partial charge in [0.1, 0.15) is 6.04 Å². The van der Waals surface area contributed by atoms with Crippen LogP contribution in [0.3, 0.4) is 0 Å². The number of carbonyl (C=O) groups excluding carboxylic acids is 1. The topological polar surface area (TPSA) is 69.6 Å². The zero-order valence-electron chi connectivity index (χ0n) is 12.2. The molecule has 1 heterocycles. The Morgan fingerprint density at radius 2 is 1.89 bits per heavy atom. The maximum absolute atomic E-state index is 12.0. The van der Waals surface area contributed by atoms with E-state index < -0.39 is 12.0 Å². The fourth-order valence-electron chi connectivity index (χ4n) is 2.63. The van der Waals surface area contributed by atoms with Crippen LogP contribution in [0, 0.1) is 0 Å². The van der Waals surface area contributed by atoms with Gasteiger partial charge in [-0.2, -0.15) is 0 Å². The molecule has 1 aliphatic rings. The molecule has 2 N–H and O–H groups in total. The average molecular weight is 270 g/mol. The van der Waals surface area contributed by atoms with Crippen LogP contribution in [0.4, 0.5) is 0 Å². The number of nitrogens with one attached hydrogen (secondary N) is 1. The van der Waals surface area contributed by atoms with E-state index in [4.69, 9.17) is 5.11 Å². The Morgan fingerprint density at radius 3 is 2.37 bits per heavy atom. The maximum Gasteiger partial charge on any atom is 0.326 e. The van der Waals surface area contributed by atoms with Crippen molar-refractivity contribution in [1.82, 2.24) is 10.2 Å². The second kappa shape index (κ2) is 7.48. The molecule has 0 aliphatic carbocycles. The summed E-state index contributed by atoms with van der Waals surface area (Å²) in [5.74, 6) is -1.12. The van der Waals surface area contributed by atoms with Gasteiger partial charge in [0.2, 0.25) is 5.91 Å².